The second kappa shape index (κ2) is 4.70. The third-order valence-corrected chi connectivity index (χ3v) is 2.39. The molecule has 0 atom stereocenters. The molecule has 0 aliphatic rings. The minimum Gasteiger partial charge on any atom is -0.478 e. The van der Waals surface area contributed by atoms with Crippen molar-refractivity contribution < 1.29 is 19.2 Å². The molecule has 0 unspecified atom stereocenters. The van der Waals surface area contributed by atoms with Crippen molar-refractivity contribution in [3.05, 3.63) is 47.3 Å². The predicted octanol–water partition coefficient (Wildman–Crippen LogP) is 1.93. The fraction of sp³-hybridized carbons (Fsp3) is 0.0833. The molecule has 0 saturated carbocycles. The van der Waals surface area contributed by atoms with Crippen molar-refractivity contribution >= 4 is 17.6 Å². The summed E-state index contributed by atoms with van der Waals surface area (Å²) in [4.78, 5) is 22.5. The van der Waals surface area contributed by atoms with Gasteiger partial charge in [0.15, 0.2) is 5.69 Å². The number of amides is 1. The van der Waals surface area contributed by atoms with Gasteiger partial charge in [0.25, 0.3) is 5.91 Å². The zero-order chi connectivity index (χ0) is 13.1. The summed E-state index contributed by atoms with van der Waals surface area (Å²) in [6.07, 6.45) is 1.30. The van der Waals surface area contributed by atoms with E-state index in [4.69, 9.17) is 5.11 Å². The van der Waals surface area contributed by atoms with E-state index in [0.29, 0.717) is 11.3 Å². The summed E-state index contributed by atoms with van der Waals surface area (Å²) < 4.78 is 4.57. The highest BCUT2D eigenvalue weighted by Gasteiger charge is 2.11. The van der Waals surface area contributed by atoms with Crippen LogP contribution in [0.2, 0.25) is 0 Å². The van der Waals surface area contributed by atoms with E-state index in [9.17, 15) is 9.59 Å². The molecule has 6 heteroatoms. The number of carbonyl (C=O) groups is 2. The molecule has 92 valence electrons. The van der Waals surface area contributed by atoms with Crippen molar-refractivity contribution in [1.29, 1.82) is 0 Å². The fourth-order valence-corrected chi connectivity index (χ4v) is 1.45. The number of aryl methyl sites for hydroxylation is 1. The molecular weight excluding hydrogens is 236 g/mol. The summed E-state index contributed by atoms with van der Waals surface area (Å²) in [5.41, 5.74) is 1.53. The Morgan fingerprint density at radius 3 is 2.67 bits per heavy atom. The molecule has 2 aromatic rings. The van der Waals surface area contributed by atoms with Crippen LogP contribution in [0.5, 0.6) is 0 Å². The molecule has 0 saturated heterocycles. The topological polar surface area (TPSA) is 92.4 Å². The van der Waals surface area contributed by atoms with Crippen molar-refractivity contribution in [2.45, 2.75) is 6.92 Å². The van der Waals surface area contributed by atoms with Gasteiger partial charge in [0.2, 0.25) is 0 Å². The first-order valence-corrected chi connectivity index (χ1v) is 5.13. The summed E-state index contributed by atoms with van der Waals surface area (Å²) >= 11 is 0. The van der Waals surface area contributed by atoms with Crippen molar-refractivity contribution in [2.75, 3.05) is 5.32 Å². The van der Waals surface area contributed by atoms with Crippen molar-refractivity contribution in [1.82, 2.24) is 5.16 Å². The number of carbonyl (C=O) groups excluding carboxylic acids is 1. The van der Waals surface area contributed by atoms with Crippen LogP contribution in [0, 0.1) is 6.92 Å². The number of nitrogens with zero attached hydrogens (tertiary/aromatic N) is 1. The molecule has 0 bridgehead atoms. The first-order valence-electron chi connectivity index (χ1n) is 5.13. The van der Waals surface area contributed by atoms with Crippen LogP contribution in [0.1, 0.15) is 26.4 Å². The summed E-state index contributed by atoms with van der Waals surface area (Å²) in [6.45, 7) is 1.71. The van der Waals surface area contributed by atoms with E-state index in [2.05, 4.69) is 15.0 Å². The molecule has 2 N–H and O–H groups in total. The minimum atomic E-state index is -1.01. The smallest absolute Gasteiger partial charge is 0.335 e. The van der Waals surface area contributed by atoms with Crippen LogP contribution in [0.25, 0.3) is 0 Å². The first-order chi connectivity index (χ1) is 8.58. The number of anilines is 1. The summed E-state index contributed by atoms with van der Waals surface area (Å²) in [5, 5.41) is 15.0. The summed E-state index contributed by atoms with van der Waals surface area (Å²) in [6, 6.07) is 5.89. The molecule has 1 aromatic heterocycles. The second-order valence-corrected chi connectivity index (χ2v) is 3.67. The molecule has 18 heavy (non-hydrogen) atoms. The van der Waals surface area contributed by atoms with Crippen LogP contribution in [-0.2, 0) is 0 Å². The molecule has 2 rings (SSSR count). The van der Waals surface area contributed by atoms with E-state index in [-0.39, 0.29) is 11.3 Å². The fourth-order valence-electron chi connectivity index (χ4n) is 1.45. The molecule has 0 radical (unpaired) electrons. The normalized spacial score (nSPS) is 10.1. The molecule has 0 aliphatic heterocycles. The number of hydrogen-bond donors (Lipinski definition) is 2. The molecule has 1 heterocycles. The number of rotatable bonds is 3. The van der Waals surface area contributed by atoms with Gasteiger partial charge < -0.3 is 14.9 Å². The summed E-state index contributed by atoms with van der Waals surface area (Å²) in [7, 11) is 0. The van der Waals surface area contributed by atoms with Gasteiger partial charge >= 0.3 is 5.97 Å². The van der Waals surface area contributed by atoms with E-state index in [1.807, 2.05) is 0 Å². The molecule has 0 spiro atoms. The standard InChI is InChI=1S/C12H10N2O4/c1-7-6-8(12(16)17)2-3-9(7)13-11(15)10-4-5-18-14-10/h2-6H,1H3,(H,13,15)(H,16,17). The number of nitrogens with one attached hydrogen (secondary N) is 1. The molecule has 0 fully saturated rings. The highest BCUT2D eigenvalue weighted by Crippen LogP contribution is 2.17. The minimum absolute atomic E-state index is 0.164. The van der Waals surface area contributed by atoms with E-state index in [1.54, 1.807) is 6.92 Å². The number of carboxylic acid groups (broad SMARTS) is 1. The maximum absolute atomic E-state index is 11.7. The molecule has 0 aliphatic carbocycles. The lowest BCUT2D eigenvalue weighted by Crippen LogP contribution is -2.13. The Morgan fingerprint density at radius 2 is 2.11 bits per heavy atom. The molecular formula is C12H10N2O4. The maximum atomic E-state index is 11.7. The number of aromatic nitrogens is 1. The van der Waals surface area contributed by atoms with Crippen molar-refractivity contribution in [2.24, 2.45) is 0 Å². The quantitative estimate of drug-likeness (QED) is 0.863. The lowest BCUT2D eigenvalue weighted by atomic mass is 10.1. The Kier molecular flexibility index (Phi) is 3.09. The highest BCUT2D eigenvalue weighted by atomic mass is 16.5. The molecule has 1 amide bonds. The summed E-state index contributed by atoms with van der Waals surface area (Å²) in [5.74, 6) is -1.41. The lowest BCUT2D eigenvalue weighted by molar-refractivity contribution is 0.0696. The van der Waals surface area contributed by atoms with E-state index < -0.39 is 11.9 Å². The average molecular weight is 246 g/mol. The number of hydrogen-bond acceptors (Lipinski definition) is 4. The second-order valence-electron chi connectivity index (χ2n) is 3.67. The number of aromatic carboxylic acids is 1. The Hall–Kier alpha value is -2.63. The highest BCUT2D eigenvalue weighted by molar-refractivity contribution is 6.03. The van der Waals surface area contributed by atoms with Gasteiger partial charge in [0.05, 0.1) is 5.56 Å². The first kappa shape index (κ1) is 11.8. The van der Waals surface area contributed by atoms with Gasteiger partial charge in [-0.3, -0.25) is 4.79 Å². The van der Waals surface area contributed by atoms with Gasteiger partial charge in [0.1, 0.15) is 6.26 Å². The number of carboxylic acids is 1. The van der Waals surface area contributed by atoms with Crippen LogP contribution in [-0.4, -0.2) is 22.1 Å². The Morgan fingerprint density at radius 1 is 1.33 bits per heavy atom. The maximum Gasteiger partial charge on any atom is 0.335 e. The van der Waals surface area contributed by atoms with E-state index in [1.165, 1.54) is 30.5 Å². The van der Waals surface area contributed by atoms with Crippen LogP contribution in [0.3, 0.4) is 0 Å². The van der Waals surface area contributed by atoms with Gasteiger partial charge in [-0.2, -0.15) is 0 Å². The van der Waals surface area contributed by atoms with Crippen LogP contribution in [0.4, 0.5) is 5.69 Å². The third-order valence-electron chi connectivity index (χ3n) is 2.39. The zero-order valence-electron chi connectivity index (χ0n) is 9.51. The van der Waals surface area contributed by atoms with Gasteiger partial charge in [0, 0.05) is 11.8 Å². The lowest BCUT2D eigenvalue weighted by Gasteiger charge is -2.07. The van der Waals surface area contributed by atoms with Gasteiger partial charge in [-0.05, 0) is 30.7 Å². The van der Waals surface area contributed by atoms with E-state index in [0.717, 1.165) is 0 Å². The van der Waals surface area contributed by atoms with Crippen LogP contribution >= 0.6 is 0 Å². The molecule has 1 aromatic carbocycles. The monoisotopic (exact) mass is 246 g/mol. The van der Waals surface area contributed by atoms with Crippen molar-refractivity contribution in [3.63, 3.8) is 0 Å². The van der Waals surface area contributed by atoms with Crippen LogP contribution in [0.15, 0.2) is 35.1 Å². The largest absolute Gasteiger partial charge is 0.478 e. The SMILES string of the molecule is Cc1cc(C(=O)O)ccc1NC(=O)c1ccon1. The predicted molar refractivity (Wildman–Crippen MR) is 62.6 cm³/mol. The Labute approximate surface area is 102 Å². The third kappa shape index (κ3) is 2.37. The average Bonchev–Trinajstić information content (AvgIpc) is 2.85. The van der Waals surface area contributed by atoms with E-state index >= 15 is 0 Å². The molecule has 6 nitrogen and oxygen atoms in total. The zero-order valence-corrected chi connectivity index (χ0v) is 9.51. The Balaban J connectivity index is 2.20. The van der Waals surface area contributed by atoms with Gasteiger partial charge in [-0.15, -0.1) is 0 Å². The number of benzene rings is 1. The van der Waals surface area contributed by atoms with Gasteiger partial charge in [-0.25, -0.2) is 4.79 Å². The van der Waals surface area contributed by atoms with Crippen molar-refractivity contribution in [3.8, 4) is 0 Å². The van der Waals surface area contributed by atoms with Crippen LogP contribution < -0.4 is 5.32 Å². The van der Waals surface area contributed by atoms with Gasteiger partial charge in [-0.1, -0.05) is 5.16 Å². The Bertz CT molecular complexity index is 590.